The second kappa shape index (κ2) is 4.80. The van der Waals surface area contributed by atoms with E-state index in [2.05, 4.69) is 16.4 Å². The summed E-state index contributed by atoms with van der Waals surface area (Å²) in [6, 6.07) is 0.240. The van der Waals surface area contributed by atoms with Crippen molar-refractivity contribution in [2.45, 2.75) is 50.2 Å². The van der Waals surface area contributed by atoms with Gasteiger partial charge in [0.05, 0.1) is 16.9 Å². The van der Waals surface area contributed by atoms with E-state index in [1.807, 2.05) is 6.08 Å². The molecule has 3 unspecified atom stereocenters. The predicted molar refractivity (Wildman–Crippen MR) is 90.3 cm³/mol. The average molecular weight is 327 g/mol. The van der Waals surface area contributed by atoms with E-state index in [-0.39, 0.29) is 6.04 Å². The number of hydrogen-bond donors (Lipinski definition) is 2. The highest BCUT2D eigenvalue weighted by molar-refractivity contribution is 6.00. The fourth-order valence-electron chi connectivity index (χ4n) is 5.87. The topological polar surface area (TPSA) is 68.0 Å². The molecule has 5 aliphatic rings. The first-order chi connectivity index (χ1) is 11.5. The van der Waals surface area contributed by atoms with Crippen molar-refractivity contribution >= 4 is 17.7 Å². The molecule has 0 radical (unpaired) electrons. The number of pyridine rings is 1. The highest BCUT2D eigenvalue weighted by Crippen LogP contribution is 2.58. The van der Waals surface area contributed by atoms with Gasteiger partial charge in [0.2, 0.25) is 0 Å². The number of carbonyl (C=O) groups excluding carboxylic acids is 1. The Bertz CT molecular complexity index is 743. The number of aromatic nitrogens is 1. The van der Waals surface area contributed by atoms with Crippen LogP contribution in [0.25, 0.3) is 6.08 Å². The third kappa shape index (κ3) is 2.03. The van der Waals surface area contributed by atoms with E-state index in [0.29, 0.717) is 36.2 Å². The van der Waals surface area contributed by atoms with Crippen LogP contribution in [0.2, 0.25) is 0 Å². The molecule has 5 heteroatoms. The Morgan fingerprint density at radius 3 is 2.71 bits per heavy atom. The summed E-state index contributed by atoms with van der Waals surface area (Å²) >= 11 is 0. The molecule has 0 aliphatic heterocycles. The molecule has 4 fully saturated rings. The number of primary amides is 1. The van der Waals surface area contributed by atoms with Gasteiger partial charge in [-0.3, -0.25) is 9.78 Å². The molecule has 1 amide bonds. The molecule has 5 aliphatic carbocycles. The number of halogens is 1. The van der Waals surface area contributed by atoms with Crippen LogP contribution in [0.1, 0.15) is 53.7 Å². The van der Waals surface area contributed by atoms with Gasteiger partial charge in [0.1, 0.15) is 5.67 Å². The van der Waals surface area contributed by atoms with Gasteiger partial charge in [0.15, 0.2) is 0 Å². The maximum Gasteiger partial charge on any atom is 0.252 e. The third-order valence-corrected chi connectivity index (χ3v) is 6.57. The second-order valence-electron chi connectivity index (χ2n) is 8.17. The van der Waals surface area contributed by atoms with Crippen LogP contribution in [-0.4, -0.2) is 22.6 Å². The van der Waals surface area contributed by atoms with Crippen LogP contribution < -0.4 is 11.1 Å². The highest BCUT2D eigenvalue weighted by atomic mass is 19.1. The van der Waals surface area contributed by atoms with Gasteiger partial charge in [-0.2, -0.15) is 0 Å². The Labute approximate surface area is 140 Å². The van der Waals surface area contributed by atoms with Gasteiger partial charge in [-0.15, -0.1) is 0 Å². The Hall–Kier alpha value is -1.91. The van der Waals surface area contributed by atoms with Gasteiger partial charge in [-0.25, -0.2) is 4.39 Å². The molecular formula is C19H22FN3O. The first-order valence-corrected chi connectivity index (χ1v) is 8.96. The number of nitrogens with one attached hydrogen (secondary N) is 1. The summed E-state index contributed by atoms with van der Waals surface area (Å²) in [7, 11) is 0. The number of fused-ring (bicyclic) bond motifs is 1. The fraction of sp³-hybridized carbons (Fsp3) is 0.579. The van der Waals surface area contributed by atoms with E-state index in [1.54, 1.807) is 6.20 Å². The number of carbonyl (C=O) groups is 1. The third-order valence-electron chi connectivity index (χ3n) is 6.57. The molecule has 0 aromatic carbocycles. The SMILES string of the molecule is NC(=O)c1cnc2c(c1NC1[C@@H]3CC4C[C@H]1CC(F)(C4)C3)C=CC2. The number of alkyl halides is 1. The van der Waals surface area contributed by atoms with Crippen LogP contribution in [-0.2, 0) is 6.42 Å². The Morgan fingerprint density at radius 2 is 2.04 bits per heavy atom. The Kier molecular flexibility index (Phi) is 2.89. The molecule has 126 valence electrons. The molecule has 24 heavy (non-hydrogen) atoms. The van der Waals surface area contributed by atoms with Crippen molar-refractivity contribution < 1.29 is 9.18 Å². The second-order valence-corrected chi connectivity index (χ2v) is 8.17. The molecule has 1 aromatic rings. The fourth-order valence-corrected chi connectivity index (χ4v) is 5.87. The highest BCUT2D eigenvalue weighted by Gasteiger charge is 2.56. The van der Waals surface area contributed by atoms with Crippen molar-refractivity contribution in [3.63, 3.8) is 0 Å². The summed E-state index contributed by atoms with van der Waals surface area (Å²) in [5.41, 5.74) is 7.85. The lowest BCUT2D eigenvalue weighted by Gasteiger charge is -2.57. The van der Waals surface area contributed by atoms with E-state index < -0.39 is 11.6 Å². The van der Waals surface area contributed by atoms with Crippen LogP contribution in [0.5, 0.6) is 0 Å². The van der Waals surface area contributed by atoms with Crippen molar-refractivity contribution in [3.8, 4) is 0 Å². The van der Waals surface area contributed by atoms with Gasteiger partial charge in [-0.05, 0) is 49.9 Å². The van der Waals surface area contributed by atoms with E-state index in [9.17, 15) is 9.18 Å². The van der Waals surface area contributed by atoms with Crippen LogP contribution in [0.15, 0.2) is 12.3 Å². The van der Waals surface area contributed by atoms with Crippen molar-refractivity contribution in [1.29, 1.82) is 0 Å². The van der Waals surface area contributed by atoms with Gasteiger partial charge in [-0.1, -0.05) is 12.2 Å². The van der Waals surface area contributed by atoms with E-state index in [4.69, 9.17) is 5.73 Å². The van der Waals surface area contributed by atoms with E-state index in [1.165, 1.54) is 0 Å². The van der Waals surface area contributed by atoms with E-state index >= 15 is 0 Å². The van der Waals surface area contributed by atoms with Crippen LogP contribution in [0.4, 0.5) is 10.1 Å². The number of allylic oxidation sites excluding steroid dienone is 1. The zero-order chi connectivity index (χ0) is 16.5. The zero-order valence-electron chi connectivity index (χ0n) is 13.6. The zero-order valence-corrected chi connectivity index (χ0v) is 13.6. The van der Waals surface area contributed by atoms with Crippen molar-refractivity contribution in [2.24, 2.45) is 23.5 Å². The number of amides is 1. The number of nitrogens with two attached hydrogens (primary N) is 1. The lowest BCUT2D eigenvalue weighted by Crippen LogP contribution is -2.57. The standard InChI is InChI=1S/C19H22FN3O/c20-19-6-10-4-11(7-19)16(12(5-10)8-19)23-17-13-2-1-3-15(13)22-9-14(17)18(21)24/h1-2,9-12,16H,3-8H2,(H2,21,24)(H,22,23)/t10?,11-,12+,16?,19?. The minimum absolute atomic E-state index is 0.240. The summed E-state index contributed by atoms with van der Waals surface area (Å²) < 4.78 is 14.9. The smallest absolute Gasteiger partial charge is 0.252 e. The molecule has 5 atom stereocenters. The predicted octanol–water partition coefficient (Wildman–Crippen LogP) is 3.08. The average Bonchev–Trinajstić information content (AvgIpc) is 2.97. The molecule has 4 bridgehead atoms. The Balaban J connectivity index is 1.52. The molecule has 0 saturated heterocycles. The number of nitrogens with zero attached hydrogens (tertiary/aromatic N) is 1. The monoisotopic (exact) mass is 327 g/mol. The molecule has 1 aromatic heterocycles. The first kappa shape index (κ1) is 14.4. The van der Waals surface area contributed by atoms with Crippen LogP contribution in [0.3, 0.4) is 0 Å². The molecule has 3 N–H and O–H groups in total. The van der Waals surface area contributed by atoms with Crippen molar-refractivity contribution in [2.75, 3.05) is 5.32 Å². The minimum atomic E-state index is -0.943. The van der Waals surface area contributed by atoms with E-state index in [0.717, 1.165) is 42.6 Å². The normalized spacial score (nSPS) is 38.4. The first-order valence-electron chi connectivity index (χ1n) is 8.96. The molecular weight excluding hydrogens is 305 g/mol. The largest absolute Gasteiger partial charge is 0.381 e. The number of rotatable bonds is 3. The summed E-state index contributed by atoms with van der Waals surface area (Å²) in [5.74, 6) is 0.801. The lowest BCUT2D eigenvalue weighted by molar-refractivity contribution is -0.0800. The summed E-state index contributed by atoms with van der Waals surface area (Å²) in [6.45, 7) is 0. The molecule has 6 rings (SSSR count). The molecule has 0 spiro atoms. The van der Waals surface area contributed by atoms with Gasteiger partial charge in [0.25, 0.3) is 5.91 Å². The quantitative estimate of drug-likeness (QED) is 0.896. The number of hydrogen-bond acceptors (Lipinski definition) is 3. The maximum absolute atomic E-state index is 14.9. The van der Waals surface area contributed by atoms with Crippen molar-refractivity contribution in [1.82, 2.24) is 4.98 Å². The lowest BCUT2D eigenvalue weighted by atomic mass is 9.53. The molecule has 4 nitrogen and oxygen atoms in total. The minimum Gasteiger partial charge on any atom is -0.381 e. The number of anilines is 1. The van der Waals surface area contributed by atoms with Crippen LogP contribution in [0, 0.1) is 17.8 Å². The Morgan fingerprint density at radius 1 is 1.29 bits per heavy atom. The maximum atomic E-state index is 14.9. The molecule has 4 saturated carbocycles. The molecule has 1 heterocycles. The summed E-state index contributed by atoms with van der Waals surface area (Å²) in [4.78, 5) is 16.3. The van der Waals surface area contributed by atoms with Gasteiger partial charge < -0.3 is 11.1 Å². The van der Waals surface area contributed by atoms with Gasteiger partial charge in [0, 0.05) is 24.2 Å². The van der Waals surface area contributed by atoms with Crippen molar-refractivity contribution in [3.05, 3.63) is 29.1 Å². The van der Waals surface area contributed by atoms with Crippen LogP contribution >= 0.6 is 0 Å². The van der Waals surface area contributed by atoms with Gasteiger partial charge >= 0.3 is 0 Å². The summed E-state index contributed by atoms with van der Waals surface area (Å²) in [5, 5.41) is 3.63. The summed E-state index contributed by atoms with van der Waals surface area (Å²) in [6.07, 6.45) is 10.7.